The summed E-state index contributed by atoms with van der Waals surface area (Å²) in [5.74, 6) is 1.15. The Morgan fingerprint density at radius 1 is 1.33 bits per heavy atom. The van der Waals surface area contributed by atoms with E-state index in [9.17, 15) is 5.11 Å². The minimum atomic E-state index is 0.101. The van der Waals surface area contributed by atoms with E-state index in [1.165, 1.54) is 7.11 Å². The van der Waals surface area contributed by atoms with Gasteiger partial charge < -0.3 is 19.9 Å². The number of pyridine rings is 1. The Morgan fingerprint density at radius 3 is 2.76 bits per heavy atom. The van der Waals surface area contributed by atoms with Crippen molar-refractivity contribution in [2.24, 2.45) is 0 Å². The van der Waals surface area contributed by atoms with Crippen LogP contribution in [0, 0.1) is 0 Å². The van der Waals surface area contributed by atoms with Crippen LogP contribution >= 0.6 is 15.9 Å². The van der Waals surface area contributed by atoms with Gasteiger partial charge in [-0.15, -0.1) is 0 Å². The second-order valence-corrected chi connectivity index (χ2v) is 5.15. The van der Waals surface area contributed by atoms with Crippen LogP contribution in [-0.2, 0) is 6.54 Å². The molecule has 21 heavy (non-hydrogen) atoms. The summed E-state index contributed by atoms with van der Waals surface area (Å²) in [6.07, 6.45) is 1.72. The molecular weight excluding hydrogens is 336 g/mol. The summed E-state index contributed by atoms with van der Waals surface area (Å²) in [4.78, 5) is 4.19. The molecule has 2 rings (SSSR count). The molecule has 5 nitrogen and oxygen atoms in total. The molecule has 0 saturated heterocycles. The van der Waals surface area contributed by atoms with Crippen LogP contribution in [0.2, 0.25) is 0 Å². The molecule has 1 aromatic carbocycles. The Morgan fingerprint density at radius 2 is 2.14 bits per heavy atom. The molecule has 1 aromatic heterocycles. The predicted octanol–water partition coefficient (Wildman–Crippen LogP) is 3.57. The van der Waals surface area contributed by atoms with Gasteiger partial charge in [0, 0.05) is 12.6 Å². The van der Waals surface area contributed by atoms with Gasteiger partial charge in [-0.05, 0) is 46.6 Å². The zero-order valence-corrected chi connectivity index (χ0v) is 13.5. The number of ether oxygens (including phenoxy) is 2. The maximum absolute atomic E-state index is 9.77. The lowest BCUT2D eigenvalue weighted by Gasteiger charge is -2.11. The van der Waals surface area contributed by atoms with Gasteiger partial charge in [0.2, 0.25) is 5.88 Å². The first-order chi connectivity index (χ1) is 10.1. The SMILES string of the molecule is CCOc1ccc(NCc2cc(Br)c(O)c(OC)c2)cn1. The number of nitrogens with zero attached hydrogens (tertiary/aromatic N) is 1. The van der Waals surface area contributed by atoms with E-state index in [0.717, 1.165) is 11.3 Å². The van der Waals surface area contributed by atoms with Crippen molar-refractivity contribution in [3.05, 3.63) is 40.5 Å². The van der Waals surface area contributed by atoms with Crippen LogP contribution in [0.15, 0.2) is 34.9 Å². The molecule has 2 N–H and O–H groups in total. The van der Waals surface area contributed by atoms with E-state index in [4.69, 9.17) is 9.47 Å². The third-order valence-electron chi connectivity index (χ3n) is 2.83. The lowest BCUT2D eigenvalue weighted by atomic mass is 10.2. The van der Waals surface area contributed by atoms with Crippen LogP contribution in [0.4, 0.5) is 5.69 Å². The van der Waals surface area contributed by atoms with Crippen molar-refractivity contribution in [2.75, 3.05) is 19.0 Å². The molecule has 0 bridgehead atoms. The summed E-state index contributed by atoms with van der Waals surface area (Å²) in [6.45, 7) is 3.11. The van der Waals surface area contributed by atoms with Crippen molar-refractivity contribution in [3.8, 4) is 17.4 Å². The third kappa shape index (κ3) is 4.01. The van der Waals surface area contributed by atoms with Crippen molar-refractivity contribution in [2.45, 2.75) is 13.5 Å². The molecule has 0 aliphatic heterocycles. The Hall–Kier alpha value is -1.95. The van der Waals surface area contributed by atoms with Gasteiger partial charge in [0.25, 0.3) is 0 Å². The molecule has 0 amide bonds. The highest BCUT2D eigenvalue weighted by atomic mass is 79.9. The van der Waals surface area contributed by atoms with Crippen LogP contribution in [0.3, 0.4) is 0 Å². The van der Waals surface area contributed by atoms with Gasteiger partial charge in [0.1, 0.15) is 0 Å². The fourth-order valence-corrected chi connectivity index (χ4v) is 2.30. The van der Waals surface area contributed by atoms with E-state index in [0.29, 0.717) is 29.3 Å². The van der Waals surface area contributed by atoms with E-state index in [1.807, 2.05) is 25.1 Å². The molecule has 0 atom stereocenters. The zero-order chi connectivity index (χ0) is 15.2. The molecule has 0 aliphatic rings. The van der Waals surface area contributed by atoms with Crippen LogP contribution < -0.4 is 14.8 Å². The average molecular weight is 353 g/mol. The van der Waals surface area contributed by atoms with Crippen LogP contribution in [-0.4, -0.2) is 23.8 Å². The number of methoxy groups -OCH3 is 1. The molecule has 6 heteroatoms. The minimum absolute atomic E-state index is 0.101. The molecule has 0 spiro atoms. The van der Waals surface area contributed by atoms with Gasteiger partial charge in [-0.3, -0.25) is 0 Å². The first-order valence-electron chi connectivity index (χ1n) is 6.52. The summed E-state index contributed by atoms with van der Waals surface area (Å²) in [5, 5.41) is 13.0. The third-order valence-corrected chi connectivity index (χ3v) is 3.44. The highest BCUT2D eigenvalue weighted by molar-refractivity contribution is 9.10. The lowest BCUT2D eigenvalue weighted by molar-refractivity contribution is 0.327. The van der Waals surface area contributed by atoms with Crippen molar-refractivity contribution in [1.29, 1.82) is 0 Å². The molecule has 0 unspecified atom stereocenters. The first kappa shape index (κ1) is 15.4. The second-order valence-electron chi connectivity index (χ2n) is 4.30. The van der Waals surface area contributed by atoms with Crippen molar-refractivity contribution in [3.63, 3.8) is 0 Å². The van der Waals surface area contributed by atoms with E-state index < -0.39 is 0 Å². The number of benzene rings is 1. The number of phenols is 1. The summed E-state index contributed by atoms with van der Waals surface area (Å²) in [7, 11) is 1.52. The quantitative estimate of drug-likeness (QED) is 0.831. The molecule has 2 aromatic rings. The van der Waals surface area contributed by atoms with Gasteiger partial charge in [-0.2, -0.15) is 0 Å². The number of aromatic hydroxyl groups is 1. The number of nitrogens with one attached hydrogen (secondary N) is 1. The Balaban J connectivity index is 2.04. The number of rotatable bonds is 6. The standard InChI is InChI=1S/C15H17BrN2O3/c1-3-21-14-5-4-11(9-18-14)17-8-10-6-12(16)15(19)13(7-10)20-2/h4-7,9,17,19H,3,8H2,1-2H3. The number of phenolic OH excluding ortho intramolecular Hbond substituents is 1. The van der Waals surface area contributed by atoms with Gasteiger partial charge in [0.05, 0.1) is 30.1 Å². The van der Waals surface area contributed by atoms with E-state index in [1.54, 1.807) is 12.3 Å². The van der Waals surface area contributed by atoms with Gasteiger partial charge in [-0.1, -0.05) is 0 Å². The summed E-state index contributed by atoms with van der Waals surface area (Å²) in [6, 6.07) is 7.35. The smallest absolute Gasteiger partial charge is 0.213 e. The highest BCUT2D eigenvalue weighted by Gasteiger charge is 2.08. The van der Waals surface area contributed by atoms with Crippen molar-refractivity contribution < 1.29 is 14.6 Å². The van der Waals surface area contributed by atoms with Gasteiger partial charge in [-0.25, -0.2) is 4.98 Å². The molecule has 0 saturated carbocycles. The van der Waals surface area contributed by atoms with E-state index >= 15 is 0 Å². The maximum atomic E-state index is 9.77. The van der Waals surface area contributed by atoms with Crippen LogP contribution in [0.1, 0.15) is 12.5 Å². The highest BCUT2D eigenvalue weighted by Crippen LogP contribution is 2.35. The summed E-state index contributed by atoms with van der Waals surface area (Å²) >= 11 is 3.30. The van der Waals surface area contributed by atoms with E-state index in [2.05, 4.69) is 26.2 Å². The van der Waals surface area contributed by atoms with Crippen LogP contribution in [0.25, 0.3) is 0 Å². The minimum Gasteiger partial charge on any atom is -0.503 e. The molecule has 0 fully saturated rings. The Labute approximate surface area is 132 Å². The summed E-state index contributed by atoms with van der Waals surface area (Å²) in [5.41, 5.74) is 1.87. The predicted molar refractivity (Wildman–Crippen MR) is 85.1 cm³/mol. The van der Waals surface area contributed by atoms with Crippen molar-refractivity contribution in [1.82, 2.24) is 4.98 Å². The Bertz CT molecular complexity index is 603. The van der Waals surface area contributed by atoms with Crippen molar-refractivity contribution >= 4 is 21.6 Å². The fraction of sp³-hybridized carbons (Fsp3) is 0.267. The molecule has 1 heterocycles. The largest absolute Gasteiger partial charge is 0.503 e. The number of hydrogen-bond acceptors (Lipinski definition) is 5. The fourth-order valence-electron chi connectivity index (χ4n) is 1.81. The number of aromatic nitrogens is 1. The van der Waals surface area contributed by atoms with Gasteiger partial charge in [0.15, 0.2) is 11.5 Å². The first-order valence-corrected chi connectivity index (χ1v) is 7.31. The van der Waals surface area contributed by atoms with E-state index in [-0.39, 0.29) is 5.75 Å². The molecule has 0 aliphatic carbocycles. The molecule has 0 radical (unpaired) electrons. The van der Waals surface area contributed by atoms with Gasteiger partial charge >= 0.3 is 0 Å². The molecule has 112 valence electrons. The normalized spacial score (nSPS) is 10.2. The Kier molecular flexibility index (Phi) is 5.27. The maximum Gasteiger partial charge on any atom is 0.213 e. The zero-order valence-electron chi connectivity index (χ0n) is 11.9. The second kappa shape index (κ2) is 7.17. The number of anilines is 1. The number of halogens is 1. The van der Waals surface area contributed by atoms with Crippen LogP contribution in [0.5, 0.6) is 17.4 Å². The lowest BCUT2D eigenvalue weighted by Crippen LogP contribution is -2.01. The average Bonchev–Trinajstić information content (AvgIpc) is 2.50. The monoisotopic (exact) mass is 352 g/mol. The topological polar surface area (TPSA) is 63.6 Å². The summed E-state index contributed by atoms with van der Waals surface area (Å²) < 4.78 is 11.0. The number of hydrogen-bond donors (Lipinski definition) is 2. The molecular formula is C15H17BrN2O3.